The second-order valence-corrected chi connectivity index (χ2v) is 5.65. The summed E-state index contributed by atoms with van der Waals surface area (Å²) in [6.45, 7) is 4.25. The zero-order valence-corrected chi connectivity index (χ0v) is 9.47. The van der Waals surface area contributed by atoms with E-state index in [0.29, 0.717) is 5.25 Å². The second kappa shape index (κ2) is 3.59. The average Bonchev–Trinajstić information content (AvgIpc) is 2.48. The lowest BCUT2D eigenvalue weighted by molar-refractivity contribution is 0.0611. The van der Waals surface area contributed by atoms with Crippen LogP contribution in [-0.4, -0.2) is 16.1 Å². The molecule has 14 heavy (non-hydrogen) atoms. The van der Waals surface area contributed by atoms with Crippen molar-refractivity contribution in [2.45, 2.75) is 31.1 Å². The molecule has 0 spiro atoms. The Morgan fingerprint density at radius 1 is 1.50 bits per heavy atom. The minimum atomic E-state index is -0.587. The van der Waals surface area contributed by atoms with Crippen LogP contribution in [-0.2, 0) is 5.60 Å². The third-order valence-electron chi connectivity index (χ3n) is 2.79. The summed E-state index contributed by atoms with van der Waals surface area (Å²) in [6.07, 6.45) is 0.876. The topological polar surface area (TPSA) is 20.2 Å². The van der Waals surface area contributed by atoms with Crippen LogP contribution in [0.15, 0.2) is 24.3 Å². The Morgan fingerprint density at radius 3 is 2.86 bits per heavy atom. The molecule has 1 fully saturated rings. The summed E-state index contributed by atoms with van der Waals surface area (Å²) in [6, 6.07) is 8.22. The molecular weight excluding hydrogens is 192 g/mol. The predicted molar refractivity (Wildman–Crippen MR) is 61.6 cm³/mol. The van der Waals surface area contributed by atoms with Gasteiger partial charge in [-0.1, -0.05) is 36.8 Å². The Kier molecular flexibility index (Phi) is 2.58. The van der Waals surface area contributed by atoms with Gasteiger partial charge in [0, 0.05) is 11.0 Å². The number of thioether (sulfide) groups is 1. The Balaban J connectivity index is 2.30. The molecule has 1 aliphatic rings. The van der Waals surface area contributed by atoms with Crippen molar-refractivity contribution in [3.05, 3.63) is 35.4 Å². The van der Waals surface area contributed by atoms with Gasteiger partial charge in [0.25, 0.3) is 0 Å². The van der Waals surface area contributed by atoms with Crippen LogP contribution in [0.5, 0.6) is 0 Å². The number of benzene rings is 1. The molecule has 0 saturated carbocycles. The summed E-state index contributed by atoms with van der Waals surface area (Å²) in [5.41, 5.74) is 1.71. The first kappa shape index (κ1) is 10.1. The molecule has 1 aliphatic heterocycles. The van der Waals surface area contributed by atoms with Gasteiger partial charge in [0.2, 0.25) is 0 Å². The molecule has 1 heterocycles. The molecule has 2 atom stereocenters. The fraction of sp³-hybridized carbons (Fsp3) is 0.500. The van der Waals surface area contributed by atoms with E-state index >= 15 is 0 Å². The highest BCUT2D eigenvalue weighted by Gasteiger charge is 2.37. The molecule has 0 bridgehead atoms. The minimum Gasteiger partial charge on any atom is -0.384 e. The lowest BCUT2D eigenvalue weighted by Crippen LogP contribution is -2.25. The lowest BCUT2D eigenvalue weighted by atomic mass is 9.90. The first-order valence-corrected chi connectivity index (χ1v) is 6.06. The molecular formula is C12H16OS. The van der Waals surface area contributed by atoms with Gasteiger partial charge in [-0.05, 0) is 18.9 Å². The number of aliphatic hydroxyl groups is 1. The van der Waals surface area contributed by atoms with Crippen molar-refractivity contribution in [1.82, 2.24) is 0 Å². The van der Waals surface area contributed by atoms with E-state index in [4.69, 9.17) is 0 Å². The number of aryl methyl sites for hydroxylation is 1. The minimum absolute atomic E-state index is 0.570. The fourth-order valence-corrected chi connectivity index (χ4v) is 3.25. The molecule has 1 aromatic carbocycles. The Hall–Kier alpha value is -0.470. The summed E-state index contributed by atoms with van der Waals surface area (Å²) < 4.78 is 0. The largest absolute Gasteiger partial charge is 0.384 e. The first-order valence-electron chi connectivity index (χ1n) is 5.01. The average molecular weight is 208 g/mol. The standard InChI is InChI=1S/C12H16OS/c1-9-4-3-5-11(6-9)12(13)7-10(2)14-8-12/h3-6,10,13H,7-8H2,1-2H3. The fourth-order valence-electron chi connectivity index (χ4n) is 2.01. The monoisotopic (exact) mass is 208 g/mol. The normalized spacial score (nSPS) is 32.1. The van der Waals surface area contributed by atoms with Crippen LogP contribution in [0, 0.1) is 6.92 Å². The van der Waals surface area contributed by atoms with Crippen LogP contribution in [0.1, 0.15) is 24.5 Å². The van der Waals surface area contributed by atoms with Gasteiger partial charge in [-0.15, -0.1) is 0 Å². The number of rotatable bonds is 1. The zero-order valence-electron chi connectivity index (χ0n) is 8.66. The van der Waals surface area contributed by atoms with Crippen LogP contribution >= 0.6 is 11.8 Å². The van der Waals surface area contributed by atoms with Crippen LogP contribution in [0.2, 0.25) is 0 Å². The maximum Gasteiger partial charge on any atom is 0.0997 e. The van der Waals surface area contributed by atoms with Gasteiger partial charge >= 0.3 is 0 Å². The third kappa shape index (κ3) is 1.82. The van der Waals surface area contributed by atoms with Crippen molar-refractivity contribution in [3.8, 4) is 0 Å². The lowest BCUT2D eigenvalue weighted by Gasteiger charge is -2.22. The van der Waals surface area contributed by atoms with E-state index in [-0.39, 0.29) is 0 Å². The number of hydrogen-bond acceptors (Lipinski definition) is 2. The Morgan fingerprint density at radius 2 is 2.29 bits per heavy atom. The van der Waals surface area contributed by atoms with Gasteiger partial charge in [-0.2, -0.15) is 11.8 Å². The molecule has 0 aliphatic carbocycles. The number of hydrogen-bond donors (Lipinski definition) is 1. The molecule has 2 rings (SSSR count). The van der Waals surface area contributed by atoms with Crippen molar-refractivity contribution in [2.24, 2.45) is 0 Å². The SMILES string of the molecule is Cc1cccc(C2(O)CSC(C)C2)c1. The molecule has 76 valence electrons. The Labute approximate surface area is 89.5 Å². The summed E-state index contributed by atoms with van der Waals surface area (Å²) in [4.78, 5) is 0. The van der Waals surface area contributed by atoms with Crippen molar-refractivity contribution in [2.75, 3.05) is 5.75 Å². The summed E-state index contributed by atoms with van der Waals surface area (Å²) >= 11 is 1.85. The molecule has 1 saturated heterocycles. The third-order valence-corrected chi connectivity index (χ3v) is 4.17. The molecule has 0 amide bonds. The van der Waals surface area contributed by atoms with E-state index in [1.165, 1.54) is 5.56 Å². The van der Waals surface area contributed by atoms with Crippen LogP contribution < -0.4 is 0 Å². The highest BCUT2D eigenvalue weighted by molar-refractivity contribution is 8.00. The van der Waals surface area contributed by atoms with E-state index in [9.17, 15) is 5.11 Å². The predicted octanol–water partition coefficient (Wildman–Crippen LogP) is 2.71. The van der Waals surface area contributed by atoms with Crippen molar-refractivity contribution < 1.29 is 5.11 Å². The smallest absolute Gasteiger partial charge is 0.0997 e. The van der Waals surface area contributed by atoms with Gasteiger partial charge in [-0.25, -0.2) is 0 Å². The van der Waals surface area contributed by atoms with Crippen LogP contribution in [0.25, 0.3) is 0 Å². The maximum atomic E-state index is 10.4. The van der Waals surface area contributed by atoms with Gasteiger partial charge in [0.05, 0.1) is 5.60 Å². The van der Waals surface area contributed by atoms with E-state index in [1.807, 2.05) is 23.9 Å². The molecule has 0 aromatic heterocycles. The van der Waals surface area contributed by atoms with Crippen molar-refractivity contribution in [3.63, 3.8) is 0 Å². The summed E-state index contributed by atoms with van der Waals surface area (Å²) in [5.74, 6) is 0.831. The van der Waals surface area contributed by atoms with Gasteiger partial charge in [0.15, 0.2) is 0 Å². The van der Waals surface area contributed by atoms with Gasteiger partial charge in [0.1, 0.15) is 0 Å². The maximum absolute atomic E-state index is 10.4. The zero-order chi connectivity index (χ0) is 10.2. The van der Waals surface area contributed by atoms with E-state index in [2.05, 4.69) is 26.0 Å². The molecule has 2 heteroatoms. The van der Waals surface area contributed by atoms with Gasteiger partial charge < -0.3 is 5.11 Å². The highest BCUT2D eigenvalue weighted by Crippen LogP contribution is 2.41. The van der Waals surface area contributed by atoms with Crippen LogP contribution in [0.4, 0.5) is 0 Å². The second-order valence-electron chi connectivity index (χ2n) is 4.23. The van der Waals surface area contributed by atoms with E-state index < -0.39 is 5.60 Å². The Bertz CT molecular complexity index is 337. The summed E-state index contributed by atoms with van der Waals surface area (Å²) in [5, 5.41) is 11.0. The quantitative estimate of drug-likeness (QED) is 0.765. The molecule has 1 nitrogen and oxygen atoms in total. The van der Waals surface area contributed by atoms with Gasteiger partial charge in [-0.3, -0.25) is 0 Å². The summed E-state index contributed by atoms with van der Waals surface area (Å²) in [7, 11) is 0. The highest BCUT2D eigenvalue weighted by atomic mass is 32.2. The van der Waals surface area contributed by atoms with E-state index in [1.54, 1.807) is 0 Å². The first-order chi connectivity index (χ1) is 6.60. The van der Waals surface area contributed by atoms with Crippen molar-refractivity contribution >= 4 is 11.8 Å². The molecule has 1 aromatic rings. The van der Waals surface area contributed by atoms with Crippen molar-refractivity contribution in [1.29, 1.82) is 0 Å². The molecule has 2 unspecified atom stereocenters. The van der Waals surface area contributed by atoms with Crippen LogP contribution in [0.3, 0.4) is 0 Å². The van der Waals surface area contributed by atoms with E-state index in [0.717, 1.165) is 17.7 Å². The molecule has 0 radical (unpaired) electrons. The molecule has 1 N–H and O–H groups in total.